The molecule has 0 aliphatic carbocycles. The molecule has 132 valence electrons. The molecule has 3 rings (SSSR count). The number of nitrogens with zero attached hydrogens (tertiary/aromatic N) is 1. The molecule has 1 fully saturated rings. The van der Waals surface area contributed by atoms with Crippen LogP contribution in [0.3, 0.4) is 0 Å². The summed E-state index contributed by atoms with van der Waals surface area (Å²) in [6.07, 6.45) is -0.0798. The van der Waals surface area contributed by atoms with Crippen molar-refractivity contribution < 1.29 is 13.9 Å². The summed E-state index contributed by atoms with van der Waals surface area (Å²) in [5.74, 6) is -0.458. The zero-order chi connectivity index (χ0) is 17.5. The fraction of sp³-hybridized carbons (Fsp3) is 0.316. The molecule has 5 nitrogen and oxygen atoms in total. The Morgan fingerprint density at radius 3 is 2.72 bits per heavy atom. The summed E-state index contributed by atoms with van der Waals surface area (Å²) in [5, 5.41) is 5.25. The maximum Gasteiger partial charge on any atom is 0.319 e. The van der Waals surface area contributed by atoms with Crippen LogP contribution in [0, 0.1) is 5.82 Å². The molecule has 0 spiro atoms. The van der Waals surface area contributed by atoms with Crippen molar-refractivity contribution in [2.24, 2.45) is 0 Å². The number of ether oxygens (including phenoxy) is 1. The third-order valence-electron chi connectivity index (χ3n) is 4.08. The summed E-state index contributed by atoms with van der Waals surface area (Å²) >= 11 is 0. The predicted octanol–water partition coefficient (Wildman–Crippen LogP) is 2.85. The Balaban J connectivity index is 1.45. The Hall–Kier alpha value is -2.44. The lowest BCUT2D eigenvalue weighted by Crippen LogP contribution is -2.47. The number of morpholine rings is 1. The van der Waals surface area contributed by atoms with Gasteiger partial charge in [0.05, 0.1) is 18.4 Å². The van der Waals surface area contributed by atoms with Crippen LogP contribution >= 0.6 is 0 Å². The second kappa shape index (κ2) is 8.60. The van der Waals surface area contributed by atoms with Gasteiger partial charge in [0.25, 0.3) is 0 Å². The summed E-state index contributed by atoms with van der Waals surface area (Å²) < 4.78 is 19.2. The molecule has 2 aromatic rings. The Morgan fingerprint density at radius 2 is 1.92 bits per heavy atom. The molecule has 1 aliphatic heterocycles. The normalized spacial score (nSPS) is 17.9. The van der Waals surface area contributed by atoms with Gasteiger partial charge in [0.2, 0.25) is 0 Å². The topological polar surface area (TPSA) is 53.6 Å². The van der Waals surface area contributed by atoms with E-state index in [4.69, 9.17) is 4.74 Å². The number of amides is 2. The highest BCUT2D eigenvalue weighted by atomic mass is 19.1. The molecule has 1 atom stereocenters. The van der Waals surface area contributed by atoms with E-state index in [0.717, 1.165) is 19.6 Å². The van der Waals surface area contributed by atoms with Crippen LogP contribution in [0.2, 0.25) is 0 Å². The van der Waals surface area contributed by atoms with Gasteiger partial charge < -0.3 is 15.4 Å². The van der Waals surface area contributed by atoms with Crippen molar-refractivity contribution in [2.45, 2.75) is 12.6 Å². The Kier molecular flexibility index (Phi) is 5.98. The number of para-hydroxylation sites is 1. The molecule has 0 bridgehead atoms. The van der Waals surface area contributed by atoms with Crippen molar-refractivity contribution in [3.05, 3.63) is 66.0 Å². The average molecular weight is 343 g/mol. The smallest absolute Gasteiger partial charge is 0.319 e. The highest BCUT2D eigenvalue weighted by Gasteiger charge is 2.21. The number of nitrogens with one attached hydrogen (secondary N) is 2. The molecule has 2 aromatic carbocycles. The molecule has 0 radical (unpaired) electrons. The highest BCUT2D eigenvalue weighted by molar-refractivity contribution is 5.89. The third-order valence-corrected chi connectivity index (χ3v) is 4.08. The number of carbonyl (C=O) groups is 1. The summed E-state index contributed by atoms with van der Waals surface area (Å²) in [7, 11) is 0. The largest absolute Gasteiger partial charge is 0.374 e. The molecule has 1 saturated heterocycles. The molecule has 25 heavy (non-hydrogen) atoms. The van der Waals surface area contributed by atoms with E-state index >= 15 is 0 Å². The minimum Gasteiger partial charge on any atom is -0.374 e. The number of hydrogen-bond donors (Lipinski definition) is 2. The number of hydrogen-bond acceptors (Lipinski definition) is 3. The number of rotatable bonds is 5. The monoisotopic (exact) mass is 343 g/mol. The molecule has 1 heterocycles. The number of anilines is 1. The summed E-state index contributed by atoms with van der Waals surface area (Å²) in [6, 6.07) is 15.9. The first-order valence-electron chi connectivity index (χ1n) is 8.38. The van der Waals surface area contributed by atoms with Crippen molar-refractivity contribution in [2.75, 3.05) is 31.6 Å². The van der Waals surface area contributed by atoms with Crippen molar-refractivity contribution >= 4 is 11.7 Å². The van der Waals surface area contributed by atoms with Crippen LogP contribution < -0.4 is 10.6 Å². The second-order valence-electron chi connectivity index (χ2n) is 6.03. The molecule has 0 saturated carbocycles. The van der Waals surface area contributed by atoms with Gasteiger partial charge in [-0.25, -0.2) is 9.18 Å². The van der Waals surface area contributed by atoms with Crippen molar-refractivity contribution in [3.8, 4) is 0 Å². The van der Waals surface area contributed by atoms with Crippen LogP contribution in [0.5, 0.6) is 0 Å². The SMILES string of the molecule is O=C(NC[C@H]1CN(Cc2ccccc2)CCO1)Nc1ccccc1F. The van der Waals surface area contributed by atoms with E-state index < -0.39 is 11.8 Å². The van der Waals surface area contributed by atoms with Crippen molar-refractivity contribution in [1.29, 1.82) is 0 Å². The number of carbonyl (C=O) groups excluding carboxylic acids is 1. The molecular formula is C19H22FN3O2. The first-order valence-corrected chi connectivity index (χ1v) is 8.38. The van der Waals surface area contributed by atoms with E-state index in [0.29, 0.717) is 13.2 Å². The van der Waals surface area contributed by atoms with E-state index in [9.17, 15) is 9.18 Å². The van der Waals surface area contributed by atoms with Gasteiger partial charge in [0.1, 0.15) is 5.82 Å². The van der Waals surface area contributed by atoms with Crippen molar-refractivity contribution in [1.82, 2.24) is 10.2 Å². The van der Waals surface area contributed by atoms with Crippen LogP contribution in [0.1, 0.15) is 5.56 Å². The van der Waals surface area contributed by atoms with E-state index in [1.165, 1.54) is 17.7 Å². The molecule has 0 unspecified atom stereocenters. The molecule has 1 aliphatic rings. The van der Waals surface area contributed by atoms with Crippen molar-refractivity contribution in [3.63, 3.8) is 0 Å². The second-order valence-corrected chi connectivity index (χ2v) is 6.03. The van der Waals surface area contributed by atoms with Gasteiger partial charge in [-0.2, -0.15) is 0 Å². The van der Waals surface area contributed by atoms with Gasteiger partial charge in [-0.15, -0.1) is 0 Å². The third kappa shape index (κ3) is 5.27. The van der Waals surface area contributed by atoms with E-state index in [1.54, 1.807) is 12.1 Å². The Morgan fingerprint density at radius 1 is 1.16 bits per heavy atom. The van der Waals surface area contributed by atoms with Gasteiger partial charge in [-0.1, -0.05) is 42.5 Å². The van der Waals surface area contributed by atoms with Crippen LogP contribution in [0.25, 0.3) is 0 Å². The zero-order valence-corrected chi connectivity index (χ0v) is 14.0. The molecule has 0 aromatic heterocycles. The lowest BCUT2D eigenvalue weighted by molar-refractivity contribution is -0.0285. The first-order chi connectivity index (χ1) is 12.2. The Labute approximate surface area is 146 Å². The van der Waals surface area contributed by atoms with Crippen LogP contribution in [-0.2, 0) is 11.3 Å². The maximum atomic E-state index is 13.5. The quantitative estimate of drug-likeness (QED) is 0.878. The standard InChI is InChI=1S/C19H22FN3O2/c20-17-8-4-5-9-18(17)22-19(24)21-12-16-14-23(10-11-25-16)13-15-6-2-1-3-7-15/h1-9,16H,10-14H2,(H2,21,22,24)/t16-/m0/s1. The van der Waals surface area contributed by atoms with Crippen LogP contribution in [0.4, 0.5) is 14.9 Å². The maximum absolute atomic E-state index is 13.5. The van der Waals surface area contributed by atoms with Gasteiger partial charge in [0, 0.05) is 26.2 Å². The first kappa shape index (κ1) is 17.4. The zero-order valence-electron chi connectivity index (χ0n) is 14.0. The number of urea groups is 1. The molecule has 6 heteroatoms. The van der Waals surface area contributed by atoms with E-state index in [2.05, 4.69) is 27.7 Å². The summed E-state index contributed by atoms with van der Waals surface area (Å²) in [6.45, 7) is 3.49. The van der Waals surface area contributed by atoms with Gasteiger partial charge in [0.15, 0.2) is 0 Å². The molecule has 2 N–H and O–H groups in total. The average Bonchev–Trinajstić information content (AvgIpc) is 2.63. The van der Waals surface area contributed by atoms with Crippen LogP contribution in [-0.4, -0.2) is 43.3 Å². The lowest BCUT2D eigenvalue weighted by atomic mass is 10.2. The Bertz CT molecular complexity index is 696. The van der Waals surface area contributed by atoms with E-state index in [1.807, 2.05) is 18.2 Å². The fourth-order valence-electron chi connectivity index (χ4n) is 2.82. The van der Waals surface area contributed by atoms with Gasteiger partial charge in [-0.05, 0) is 17.7 Å². The highest BCUT2D eigenvalue weighted by Crippen LogP contribution is 2.12. The number of benzene rings is 2. The lowest BCUT2D eigenvalue weighted by Gasteiger charge is -2.33. The minimum absolute atomic E-state index is 0.0798. The van der Waals surface area contributed by atoms with Gasteiger partial charge in [-0.3, -0.25) is 4.90 Å². The van der Waals surface area contributed by atoms with E-state index in [-0.39, 0.29) is 11.8 Å². The predicted molar refractivity (Wildman–Crippen MR) is 94.9 cm³/mol. The van der Waals surface area contributed by atoms with Gasteiger partial charge >= 0.3 is 6.03 Å². The molecular weight excluding hydrogens is 321 g/mol. The fourth-order valence-corrected chi connectivity index (χ4v) is 2.82. The summed E-state index contributed by atoms with van der Waals surface area (Å²) in [4.78, 5) is 14.2. The number of halogens is 1. The minimum atomic E-state index is -0.458. The van der Waals surface area contributed by atoms with Crippen LogP contribution in [0.15, 0.2) is 54.6 Å². The molecule has 2 amide bonds. The summed E-state index contributed by atoms with van der Waals surface area (Å²) in [5.41, 5.74) is 1.42.